The van der Waals surface area contributed by atoms with Crippen LogP contribution < -0.4 is 0 Å². The van der Waals surface area contributed by atoms with Gasteiger partial charge >= 0.3 is 0 Å². The number of thioether (sulfide) groups is 1. The molecule has 0 amide bonds. The number of aromatic amines is 1. The smallest absolute Gasteiger partial charge is 0.208 e. The van der Waals surface area contributed by atoms with Crippen molar-refractivity contribution < 1.29 is 0 Å². The van der Waals surface area contributed by atoms with Crippen molar-refractivity contribution in [2.75, 3.05) is 5.75 Å². The molecular weight excluding hydrogens is 412 g/mol. The Labute approximate surface area is 192 Å². The third kappa shape index (κ3) is 4.04. The molecule has 2 heterocycles. The molecule has 4 nitrogen and oxygen atoms in total. The van der Waals surface area contributed by atoms with Crippen molar-refractivity contribution in [3.05, 3.63) is 84.2 Å². The highest BCUT2D eigenvalue weighted by Gasteiger charge is 2.12. The highest BCUT2D eigenvalue weighted by atomic mass is 32.2. The minimum atomic E-state index is 0.771. The van der Waals surface area contributed by atoms with Crippen LogP contribution in [0.2, 0.25) is 0 Å². The number of fused-ring (bicyclic) bond motifs is 1. The summed E-state index contributed by atoms with van der Waals surface area (Å²) in [5.74, 6) is 1.72. The highest BCUT2D eigenvalue weighted by Crippen LogP contribution is 2.33. The van der Waals surface area contributed by atoms with Gasteiger partial charge in [0.25, 0.3) is 0 Å². The Kier molecular flexibility index (Phi) is 5.50. The maximum absolute atomic E-state index is 4.70. The van der Waals surface area contributed by atoms with Crippen molar-refractivity contribution in [3.8, 4) is 33.6 Å². The van der Waals surface area contributed by atoms with Gasteiger partial charge in [-0.15, -0.1) is 5.10 Å². The maximum Gasteiger partial charge on any atom is 0.208 e. The van der Waals surface area contributed by atoms with E-state index in [-0.39, 0.29) is 0 Å². The number of H-pyrrole nitrogens is 1. The first-order valence-corrected chi connectivity index (χ1v) is 11.7. The minimum absolute atomic E-state index is 0.771. The first-order chi connectivity index (χ1) is 15.6. The van der Waals surface area contributed by atoms with Gasteiger partial charge in [-0.25, -0.2) is 4.98 Å². The van der Waals surface area contributed by atoms with E-state index in [1.54, 1.807) is 11.8 Å². The van der Waals surface area contributed by atoms with Crippen LogP contribution >= 0.6 is 11.8 Å². The van der Waals surface area contributed by atoms with E-state index in [1.807, 2.05) is 13.1 Å². The fourth-order valence-corrected chi connectivity index (χ4v) is 4.36. The van der Waals surface area contributed by atoms with Crippen LogP contribution in [0.1, 0.15) is 18.2 Å². The van der Waals surface area contributed by atoms with Crippen molar-refractivity contribution in [2.24, 2.45) is 0 Å². The summed E-state index contributed by atoms with van der Waals surface area (Å²) in [6, 6.07) is 23.8. The lowest BCUT2D eigenvalue weighted by atomic mass is 9.94. The number of nitrogens with one attached hydrogen (secondary N) is 1. The van der Waals surface area contributed by atoms with Gasteiger partial charge in [0.05, 0.1) is 0 Å². The molecule has 5 heteroatoms. The fourth-order valence-electron chi connectivity index (χ4n) is 3.84. The summed E-state index contributed by atoms with van der Waals surface area (Å²) >= 11 is 1.63. The Morgan fingerprint density at radius 3 is 2.31 bits per heavy atom. The van der Waals surface area contributed by atoms with E-state index >= 15 is 0 Å². The van der Waals surface area contributed by atoms with Crippen LogP contribution in [0.5, 0.6) is 0 Å². The highest BCUT2D eigenvalue weighted by molar-refractivity contribution is 7.99. The molecule has 158 valence electrons. The van der Waals surface area contributed by atoms with Gasteiger partial charge in [-0.05, 0) is 83.0 Å². The summed E-state index contributed by atoms with van der Waals surface area (Å²) < 4.78 is 0. The summed E-state index contributed by atoms with van der Waals surface area (Å²) in [5.41, 5.74) is 7.77. The fraction of sp³-hybridized carbons (Fsp3) is 0.148. The van der Waals surface area contributed by atoms with Gasteiger partial charge in [0.1, 0.15) is 0 Å². The van der Waals surface area contributed by atoms with Gasteiger partial charge in [-0.1, -0.05) is 55.1 Å². The molecule has 32 heavy (non-hydrogen) atoms. The van der Waals surface area contributed by atoms with E-state index in [9.17, 15) is 0 Å². The number of rotatable bonds is 5. The van der Waals surface area contributed by atoms with E-state index in [2.05, 4.69) is 95.8 Å². The standard InChI is InChI=1S/C27H24N4S/c1-4-32-27-29-26(30-31-27)24-14-22(21-10-9-19-7-5-6-8-20(19)12-21)13-23(15-24)25-11-17(2)18(3)28-16-25/h5-16H,4H2,1-3H3,(H,29,30,31). The monoisotopic (exact) mass is 436 g/mol. The SMILES string of the molecule is CCSc1n[nH]c(-c2cc(-c3cnc(C)c(C)c3)cc(-c3ccc4ccccc4c3)c2)n1. The van der Waals surface area contributed by atoms with Crippen LogP contribution in [0.3, 0.4) is 0 Å². The Hall–Kier alpha value is -3.44. The molecule has 0 bridgehead atoms. The molecule has 0 unspecified atom stereocenters. The lowest BCUT2D eigenvalue weighted by molar-refractivity contribution is 0.974. The molecule has 0 fully saturated rings. The molecule has 0 aliphatic heterocycles. The second-order valence-electron chi connectivity index (χ2n) is 7.89. The average molecular weight is 437 g/mol. The second-order valence-corrected chi connectivity index (χ2v) is 9.12. The van der Waals surface area contributed by atoms with Crippen LogP contribution in [-0.2, 0) is 0 Å². The van der Waals surface area contributed by atoms with E-state index in [0.717, 1.165) is 44.7 Å². The molecule has 0 spiro atoms. The van der Waals surface area contributed by atoms with Crippen molar-refractivity contribution in [3.63, 3.8) is 0 Å². The molecular formula is C27H24N4S. The Morgan fingerprint density at radius 1 is 0.781 bits per heavy atom. The largest absolute Gasteiger partial charge is 0.261 e. The zero-order valence-corrected chi connectivity index (χ0v) is 19.2. The minimum Gasteiger partial charge on any atom is -0.261 e. The van der Waals surface area contributed by atoms with Crippen molar-refractivity contribution in [1.82, 2.24) is 20.2 Å². The maximum atomic E-state index is 4.70. The Bertz CT molecular complexity index is 1420. The molecule has 1 N–H and O–H groups in total. The molecule has 0 aliphatic carbocycles. The quantitative estimate of drug-likeness (QED) is 0.299. The normalized spacial score (nSPS) is 11.2. The zero-order valence-electron chi connectivity index (χ0n) is 18.4. The number of pyridine rings is 1. The predicted octanol–water partition coefficient (Wildman–Crippen LogP) is 7.08. The van der Waals surface area contributed by atoms with Crippen LogP contribution in [-0.4, -0.2) is 25.9 Å². The molecule has 0 saturated carbocycles. The summed E-state index contributed by atoms with van der Waals surface area (Å²) in [6.45, 7) is 6.24. The molecule has 0 atom stereocenters. The summed E-state index contributed by atoms with van der Waals surface area (Å²) in [4.78, 5) is 9.29. The van der Waals surface area contributed by atoms with Crippen LogP contribution in [0.25, 0.3) is 44.4 Å². The molecule has 5 rings (SSSR count). The molecule has 3 aromatic carbocycles. The van der Waals surface area contributed by atoms with Gasteiger partial charge in [0.2, 0.25) is 5.16 Å². The first kappa shape index (κ1) is 20.5. The molecule has 0 radical (unpaired) electrons. The van der Waals surface area contributed by atoms with E-state index < -0.39 is 0 Å². The van der Waals surface area contributed by atoms with Crippen molar-refractivity contribution >= 4 is 22.5 Å². The number of benzene rings is 3. The number of hydrogen-bond donors (Lipinski definition) is 1. The number of nitrogens with zero attached hydrogens (tertiary/aromatic N) is 3. The Morgan fingerprint density at radius 2 is 1.53 bits per heavy atom. The number of aryl methyl sites for hydroxylation is 2. The average Bonchev–Trinajstić information content (AvgIpc) is 3.29. The van der Waals surface area contributed by atoms with Gasteiger partial charge in [0, 0.05) is 23.0 Å². The number of hydrogen-bond acceptors (Lipinski definition) is 4. The van der Waals surface area contributed by atoms with E-state index in [0.29, 0.717) is 0 Å². The third-order valence-electron chi connectivity index (χ3n) is 5.70. The van der Waals surface area contributed by atoms with Crippen LogP contribution in [0.4, 0.5) is 0 Å². The summed E-state index contributed by atoms with van der Waals surface area (Å²) in [6.07, 6.45) is 1.95. The van der Waals surface area contributed by atoms with E-state index in [4.69, 9.17) is 4.98 Å². The van der Waals surface area contributed by atoms with Crippen molar-refractivity contribution in [1.29, 1.82) is 0 Å². The topological polar surface area (TPSA) is 54.5 Å². The number of aromatic nitrogens is 4. The lowest BCUT2D eigenvalue weighted by Crippen LogP contribution is -1.91. The van der Waals surface area contributed by atoms with Gasteiger partial charge in [-0.2, -0.15) is 0 Å². The summed E-state index contributed by atoms with van der Waals surface area (Å²) in [7, 11) is 0. The van der Waals surface area contributed by atoms with Gasteiger partial charge in [-0.3, -0.25) is 10.1 Å². The van der Waals surface area contributed by atoms with Gasteiger partial charge < -0.3 is 0 Å². The lowest BCUT2D eigenvalue weighted by Gasteiger charge is -2.11. The molecule has 0 saturated heterocycles. The summed E-state index contributed by atoms with van der Waals surface area (Å²) in [5, 5.41) is 10.7. The first-order valence-electron chi connectivity index (χ1n) is 10.7. The predicted molar refractivity (Wildman–Crippen MR) is 134 cm³/mol. The third-order valence-corrected chi connectivity index (χ3v) is 6.43. The van der Waals surface area contributed by atoms with Crippen LogP contribution in [0, 0.1) is 13.8 Å². The van der Waals surface area contributed by atoms with Crippen molar-refractivity contribution in [2.45, 2.75) is 25.9 Å². The molecule has 5 aromatic rings. The zero-order chi connectivity index (χ0) is 22.1. The molecule has 0 aliphatic rings. The Balaban J connectivity index is 1.68. The second kappa shape index (κ2) is 8.60. The molecule has 2 aromatic heterocycles. The van der Waals surface area contributed by atoms with E-state index in [1.165, 1.54) is 21.9 Å². The van der Waals surface area contributed by atoms with Gasteiger partial charge in [0.15, 0.2) is 5.82 Å². The van der Waals surface area contributed by atoms with Crippen LogP contribution in [0.15, 0.2) is 78.1 Å².